The first-order valence-electron chi connectivity index (χ1n) is 8.36. The Morgan fingerprint density at radius 2 is 1.61 bits per heavy atom. The van der Waals surface area contributed by atoms with Gasteiger partial charge < -0.3 is 4.74 Å². The lowest BCUT2D eigenvalue weighted by Crippen LogP contribution is -2.24. The smallest absolute Gasteiger partial charge is 0.374 e. The molecule has 3 rings (SSSR count). The second kappa shape index (κ2) is 6.65. The molecule has 0 saturated heterocycles. The topological polar surface area (TPSA) is 60.4 Å². The molecule has 4 nitrogen and oxygen atoms in total. The molecule has 2 saturated carbocycles. The van der Waals surface area contributed by atoms with Crippen LogP contribution < -0.4 is 0 Å². The minimum atomic E-state index is -0.838. The van der Waals surface area contributed by atoms with Gasteiger partial charge in [-0.3, -0.25) is 9.59 Å². The molecular weight excluding hydrogens is 292 g/mol. The van der Waals surface area contributed by atoms with Gasteiger partial charge in [0.15, 0.2) is 0 Å². The van der Waals surface area contributed by atoms with Gasteiger partial charge in [0.25, 0.3) is 0 Å². The molecule has 0 unspecified atom stereocenters. The minimum absolute atomic E-state index is 0.0513. The van der Waals surface area contributed by atoms with E-state index in [-0.39, 0.29) is 23.5 Å². The van der Waals surface area contributed by atoms with Crippen molar-refractivity contribution in [2.24, 2.45) is 17.8 Å². The third kappa shape index (κ3) is 3.07. The van der Waals surface area contributed by atoms with E-state index in [9.17, 15) is 14.4 Å². The summed E-state index contributed by atoms with van der Waals surface area (Å²) in [6, 6.07) is 9.55. The lowest BCUT2D eigenvalue weighted by molar-refractivity contribution is -0.152. The molecule has 0 bridgehead atoms. The summed E-state index contributed by atoms with van der Waals surface area (Å²) >= 11 is 0. The molecule has 4 heteroatoms. The van der Waals surface area contributed by atoms with E-state index < -0.39 is 17.7 Å². The summed E-state index contributed by atoms with van der Waals surface area (Å²) in [5.41, 5.74) is 0.962. The van der Waals surface area contributed by atoms with Crippen LogP contribution in [0.15, 0.2) is 30.3 Å². The zero-order valence-electron chi connectivity index (χ0n) is 13.4. The molecule has 0 N–H and O–H groups in total. The standard InChI is InChI=1S/C19H22O4/c1-23-19(22)18(21)16-14(12-8-4-2-5-9-12)15(16)17(20)13-10-6-3-7-11-13/h2,4-5,8-9,13-16H,3,6-7,10-11H2,1H3/t14-,15-,16+/m0/s1. The summed E-state index contributed by atoms with van der Waals surface area (Å²) in [6.45, 7) is 0. The van der Waals surface area contributed by atoms with Gasteiger partial charge in [-0.1, -0.05) is 49.6 Å². The molecule has 23 heavy (non-hydrogen) atoms. The maximum absolute atomic E-state index is 12.9. The molecule has 2 fully saturated rings. The van der Waals surface area contributed by atoms with Crippen molar-refractivity contribution < 1.29 is 19.1 Å². The van der Waals surface area contributed by atoms with Gasteiger partial charge in [0, 0.05) is 23.7 Å². The first-order valence-corrected chi connectivity index (χ1v) is 8.36. The number of esters is 1. The molecule has 0 aliphatic heterocycles. The van der Waals surface area contributed by atoms with E-state index in [4.69, 9.17) is 0 Å². The fourth-order valence-electron chi connectivity index (χ4n) is 3.98. The SMILES string of the molecule is COC(=O)C(=O)[C@H]1[C@@H](C(=O)C2CCCCC2)[C@@H]1c1ccccc1. The third-order valence-corrected chi connectivity index (χ3v) is 5.23. The van der Waals surface area contributed by atoms with Crippen LogP contribution in [0.5, 0.6) is 0 Å². The quantitative estimate of drug-likeness (QED) is 0.619. The number of rotatable bonds is 5. The molecule has 2 aliphatic rings. The summed E-state index contributed by atoms with van der Waals surface area (Å²) in [5, 5.41) is 0. The van der Waals surface area contributed by atoms with Crippen molar-refractivity contribution in [2.75, 3.05) is 7.11 Å². The highest BCUT2D eigenvalue weighted by Crippen LogP contribution is 2.56. The highest BCUT2D eigenvalue weighted by atomic mass is 16.5. The summed E-state index contributed by atoms with van der Waals surface area (Å²) < 4.78 is 4.57. The van der Waals surface area contributed by atoms with Gasteiger partial charge in [-0.05, 0) is 18.4 Å². The van der Waals surface area contributed by atoms with Crippen molar-refractivity contribution in [2.45, 2.75) is 38.0 Å². The van der Waals surface area contributed by atoms with Crippen LogP contribution in [0, 0.1) is 17.8 Å². The second-order valence-electron chi connectivity index (χ2n) is 6.58. The Balaban J connectivity index is 1.82. The molecule has 0 radical (unpaired) electrons. The normalized spacial score (nSPS) is 27.3. The molecule has 0 heterocycles. The first-order chi connectivity index (χ1) is 11.1. The molecule has 122 valence electrons. The number of benzene rings is 1. The second-order valence-corrected chi connectivity index (χ2v) is 6.58. The van der Waals surface area contributed by atoms with Crippen LogP contribution in [0.4, 0.5) is 0 Å². The molecular formula is C19H22O4. The van der Waals surface area contributed by atoms with Crippen LogP contribution in [0.2, 0.25) is 0 Å². The average Bonchev–Trinajstić information content (AvgIpc) is 3.36. The summed E-state index contributed by atoms with van der Waals surface area (Å²) in [5.74, 6) is -2.25. The average molecular weight is 314 g/mol. The number of ether oxygens (including phenoxy) is 1. The Morgan fingerprint density at radius 3 is 2.22 bits per heavy atom. The van der Waals surface area contributed by atoms with Crippen molar-refractivity contribution in [3.8, 4) is 0 Å². The van der Waals surface area contributed by atoms with Crippen LogP contribution in [0.25, 0.3) is 0 Å². The highest BCUT2D eigenvalue weighted by Gasteiger charge is 2.61. The van der Waals surface area contributed by atoms with Gasteiger partial charge in [-0.2, -0.15) is 0 Å². The van der Waals surface area contributed by atoms with Gasteiger partial charge >= 0.3 is 5.97 Å². The van der Waals surface area contributed by atoms with Crippen LogP contribution in [-0.2, 0) is 19.1 Å². The maximum Gasteiger partial charge on any atom is 0.374 e. The molecule has 1 aromatic carbocycles. The predicted molar refractivity (Wildman–Crippen MR) is 84.8 cm³/mol. The van der Waals surface area contributed by atoms with E-state index in [1.807, 2.05) is 30.3 Å². The Kier molecular flexibility index (Phi) is 4.60. The van der Waals surface area contributed by atoms with Crippen LogP contribution in [-0.4, -0.2) is 24.6 Å². The summed E-state index contributed by atoms with van der Waals surface area (Å²) in [7, 11) is 1.21. The Hall–Kier alpha value is -1.97. The van der Waals surface area contributed by atoms with E-state index in [1.165, 1.54) is 13.5 Å². The first kappa shape index (κ1) is 15.9. The number of ketones is 2. The fourth-order valence-corrected chi connectivity index (χ4v) is 3.98. The number of methoxy groups -OCH3 is 1. The largest absolute Gasteiger partial charge is 0.463 e. The minimum Gasteiger partial charge on any atom is -0.463 e. The number of carbonyl (C=O) groups excluding carboxylic acids is 3. The molecule has 0 amide bonds. The maximum atomic E-state index is 12.9. The van der Waals surface area contributed by atoms with Crippen molar-refractivity contribution in [3.05, 3.63) is 35.9 Å². The van der Waals surface area contributed by atoms with Crippen LogP contribution in [0.3, 0.4) is 0 Å². The van der Waals surface area contributed by atoms with E-state index >= 15 is 0 Å². The molecule has 0 spiro atoms. The van der Waals surface area contributed by atoms with E-state index in [0.717, 1.165) is 31.2 Å². The van der Waals surface area contributed by atoms with E-state index in [2.05, 4.69) is 4.74 Å². The molecule has 2 aliphatic carbocycles. The van der Waals surface area contributed by atoms with Gasteiger partial charge in [-0.15, -0.1) is 0 Å². The highest BCUT2D eigenvalue weighted by molar-refractivity contribution is 6.36. The number of hydrogen-bond acceptors (Lipinski definition) is 4. The lowest BCUT2D eigenvalue weighted by Gasteiger charge is -2.20. The molecule has 3 atom stereocenters. The van der Waals surface area contributed by atoms with Gasteiger partial charge in [0.1, 0.15) is 5.78 Å². The molecule has 1 aromatic rings. The fraction of sp³-hybridized carbons (Fsp3) is 0.526. The summed E-state index contributed by atoms with van der Waals surface area (Å²) in [4.78, 5) is 36.8. The Bertz CT molecular complexity index is 601. The number of Topliss-reactive ketones (excluding diaryl/α,β-unsaturated/α-hetero) is 2. The van der Waals surface area contributed by atoms with E-state index in [0.29, 0.717) is 0 Å². The molecule has 0 aromatic heterocycles. The predicted octanol–water partition coefficient (Wildman–Crippen LogP) is 2.91. The number of carbonyl (C=O) groups is 3. The van der Waals surface area contributed by atoms with Crippen molar-refractivity contribution in [1.29, 1.82) is 0 Å². The van der Waals surface area contributed by atoms with Crippen LogP contribution in [0.1, 0.15) is 43.6 Å². The van der Waals surface area contributed by atoms with Gasteiger partial charge in [-0.25, -0.2) is 4.79 Å². The Labute approximate surface area is 136 Å². The van der Waals surface area contributed by atoms with Crippen molar-refractivity contribution in [3.63, 3.8) is 0 Å². The Morgan fingerprint density at radius 1 is 0.957 bits per heavy atom. The van der Waals surface area contributed by atoms with Crippen molar-refractivity contribution >= 4 is 17.5 Å². The zero-order chi connectivity index (χ0) is 16.4. The zero-order valence-corrected chi connectivity index (χ0v) is 13.4. The van der Waals surface area contributed by atoms with Crippen molar-refractivity contribution in [1.82, 2.24) is 0 Å². The monoisotopic (exact) mass is 314 g/mol. The third-order valence-electron chi connectivity index (χ3n) is 5.23. The number of hydrogen-bond donors (Lipinski definition) is 0. The van der Waals surface area contributed by atoms with Gasteiger partial charge in [0.05, 0.1) is 7.11 Å². The van der Waals surface area contributed by atoms with Gasteiger partial charge in [0.2, 0.25) is 5.78 Å². The van der Waals surface area contributed by atoms with E-state index in [1.54, 1.807) is 0 Å². The summed E-state index contributed by atoms with van der Waals surface area (Å²) in [6.07, 6.45) is 5.16. The lowest BCUT2D eigenvalue weighted by atomic mass is 9.84. The van der Waals surface area contributed by atoms with Crippen LogP contribution >= 0.6 is 0 Å².